The van der Waals surface area contributed by atoms with E-state index in [0.29, 0.717) is 25.7 Å². The van der Waals surface area contributed by atoms with E-state index < -0.39 is 6.10 Å². The molecule has 2 N–H and O–H groups in total. The Morgan fingerprint density at radius 2 is 1.90 bits per heavy atom. The van der Waals surface area contributed by atoms with Crippen LogP contribution >= 0.6 is 0 Å². The van der Waals surface area contributed by atoms with E-state index >= 15 is 0 Å². The smallest absolute Gasteiger partial charge is 0.125 e. The van der Waals surface area contributed by atoms with Gasteiger partial charge in [0.25, 0.3) is 0 Å². The van der Waals surface area contributed by atoms with E-state index in [1.54, 1.807) is 0 Å². The molecule has 0 aromatic heterocycles. The lowest BCUT2D eigenvalue weighted by Gasteiger charge is -2.24. The van der Waals surface area contributed by atoms with Crippen molar-refractivity contribution in [1.29, 1.82) is 0 Å². The van der Waals surface area contributed by atoms with Crippen molar-refractivity contribution < 1.29 is 14.9 Å². The molecule has 0 radical (unpaired) electrons. The molecule has 21 heavy (non-hydrogen) atoms. The molecule has 1 unspecified atom stereocenters. The molecular weight excluding hydrogens is 266 g/mol. The Morgan fingerprint density at radius 3 is 2.52 bits per heavy atom. The summed E-state index contributed by atoms with van der Waals surface area (Å²) in [5, 5.41) is 19.3. The number of benzene rings is 1. The quantitative estimate of drug-likeness (QED) is 0.767. The summed E-state index contributed by atoms with van der Waals surface area (Å²) in [6.45, 7) is 7.76. The van der Waals surface area contributed by atoms with Crippen molar-refractivity contribution in [3.05, 3.63) is 28.8 Å². The lowest BCUT2D eigenvalue weighted by atomic mass is 10.1. The summed E-state index contributed by atoms with van der Waals surface area (Å²) < 4.78 is 5.85. The first-order valence-electron chi connectivity index (χ1n) is 7.75. The van der Waals surface area contributed by atoms with Crippen LogP contribution in [0.15, 0.2) is 12.1 Å². The monoisotopic (exact) mass is 293 g/mol. The minimum atomic E-state index is -0.531. The van der Waals surface area contributed by atoms with Gasteiger partial charge in [-0.1, -0.05) is 12.1 Å². The van der Waals surface area contributed by atoms with Crippen LogP contribution in [0.4, 0.5) is 0 Å². The molecule has 1 aliphatic rings. The summed E-state index contributed by atoms with van der Waals surface area (Å²) in [5.41, 5.74) is 3.43. The molecule has 1 saturated carbocycles. The van der Waals surface area contributed by atoms with Gasteiger partial charge in [-0.25, -0.2) is 0 Å². The number of aliphatic hydroxyl groups is 2. The molecule has 1 aromatic rings. The minimum Gasteiger partial charge on any atom is -0.490 e. The molecule has 1 aromatic carbocycles. The number of hydrogen-bond acceptors (Lipinski definition) is 4. The second-order valence-corrected chi connectivity index (χ2v) is 6.07. The highest BCUT2D eigenvalue weighted by Gasteiger charge is 2.29. The Morgan fingerprint density at radius 1 is 1.24 bits per heavy atom. The molecular formula is C17H27NO3. The first-order valence-corrected chi connectivity index (χ1v) is 7.75. The maximum Gasteiger partial charge on any atom is 0.125 e. The van der Waals surface area contributed by atoms with Crippen molar-refractivity contribution >= 4 is 0 Å². The Hall–Kier alpha value is -1.10. The van der Waals surface area contributed by atoms with Crippen molar-refractivity contribution in [1.82, 2.24) is 4.90 Å². The molecule has 0 aliphatic heterocycles. The molecule has 0 spiro atoms. The number of aryl methyl sites for hydroxylation is 2. The van der Waals surface area contributed by atoms with Crippen LogP contribution in [0.3, 0.4) is 0 Å². The molecule has 0 heterocycles. The average Bonchev–Trinajstić information content (AvgIpc) is 3.27. The van der Waals surface area contributed by atoms with Crippen LogP contribution in [0.1, 0.15) is 29.5 Å². The second kappa shape index (κ2) is 7.25. The average molecular weight is 293 g/mol. The van der Waals surface area contributed by atoms with Crippen molar-refractivity contribution in [2.45, 2.75) is 45.8 Å². The maximum atomic E-state index is 10.2. The molecule has 1 aliphatic carbocycles. The van der Waals surface area contributed by atoms with Crippen LogP contribution < -0.4 is 4.74 Å². The minimum absolute atomic E-state index is 0.139. The number of hydrogen-bond donors (Lipinski definition) is 2. The largest absolute Gasteiger partial charge is 0.490 e. The van der Waals surface area contributed by atoms with Crippen LogP contribution in [-0.4, -0.2) is 53.6 Å². The lowest BCUT2D eigenvalue weighted by molar-refractivity contribution is 0.0584. The van der Waals surface area contributed by atoms with E-state index in [4.69, 9.17) is 9.84 Å². The van der Waals surface area contributed by atoms with Gasteiger partial charge in [-0.15, -0.1) is 0 Å². The normalized spacial score (nSPS) is 16.3. The number of rotatable bonds is 8. The van der Waals surface area contributed by atoms with E-state index in [9.17, 15) is 5.11 Å². The highest BCUT2D eigenvalue weighted by atomic mass is 16.5. The van der Waals surface area contributed by atoms with Gasteiger partial charge < -0.3 is 14.9 Å². The van der Waals surface area contributed by atoms with Crippen molar-refractivity contribution in [3.8, 4) is 5.75 Å². The van der Waals surface area contributed by atoms with E-state index in [0.717, 1.165) is 16.9 Å². The number of ether oxygens (including phenoxy) is 1. The van der Waals surface area contributed by atoms with Gasteiger partial charge in [-0.2, -0.15) is 0 Å². The zero-order valence-corrected chi connectivity index (χ0v) is 13.3. The summed E-state index contributed by atoms with van der Waals surface area (Å²) >= 11 is 0. The summed E-state index contributed by atoms with van der Waals surface area (Å²) in [5.74, 6) is 0.884. The predicted octanol–water partition coefficient (Wildman–Crippen LogP) is 1.81. The maximum absolute atomic E-state index is 10.2. The third-order valence-electron chi connectivity index (χ3n) is 4.19. The molecule has 1 fully saturated rings. The van der Waals surface area contributed by atoms with Crippen LogP contribution in [0.5, 0.6) is 5.75 Å². The fourth-order valence-corrected chi connectivity index (χ4v) is 2.64. The molecule has 4 heteroatoms. The van der Waals surface area contributed by atoms with Crippen molar-refractivity contribution in [2.24, 2.45) is 0 Å². The molecule has 0 bridgehead atoms. The zero-order valence-electron chi connectivity index (χ0n) is 13.3. The van der Waals surface area contributed by atoms with Gasteiger partial charge in [0.2, 0.25) is 0 Å². The second-order valence-electron chi connectivity index (χ2n) is 6.07. The van der Waals surface area contributed by atoms with E-state index in [2.05, 4.69) is 17.9 Å². The van der Waals surface area contributed by atoms with Crippen LogP contribution in [0.2, 0.25) is 0 Å². The van der Waals surface area contributed by atoms with Crippen molar-refractivity contribution in [2.75, 3.05) is 26.3 Å². The molecule has 4 nitrogen and oxygen atoms in total. The third kappa shape index (κ3) is 4.43. The predicted molar refractivity (Wildman–Crippen MR) is 83.8 cm³/mol. The Balaban J connectivity index is 1.88. The Labute approximate surface area is 127 Å². The SMILES string of the molecule is Cc1ccc(C)c(OCC(O)CN(CCO)C2CC2)c1C. The topological polar surface area (TPSA) is 52.9 Å². The number of nitrogens with zero attached hydrogens (tertiary/aromatic N) is 1. The van der Waals surface area contributed by atoms with Crippen molar-refractivity contribution in [3.63, 3.8) is 0 Å². The van der Waals surface area contributed by atoms with Gasteiger partial charge in [0.05, 0.1) is 6.61 Å². The Bertz CT molecular complexity index is 471. The van der Waals surface area contributed by atoms with Gasteiger partial charge in [0.15, 0.2) is 0 Å². The van der Waals surface area contributed by atoms with Crippen LogP contribution in [0, 0.1) is 20.8 Å². The van der Waals surface area contributed by atoms with Gasteiger partial charge in [-0.3, -0.25) is 4.90 Å². The summed E-state index contributed by atoms with van der Waals surface area (Å²) in [6, 6.07) is 4.67. The van der Waals surface area contributed by atoms with Crippen LogP contribution in [-0.2, 0) is 0 Å². The third-order valence-corrected chi connectivity index (χ3v) is 4.19. The van der Waals surface area contributed by atoms with Gasteiger partial charge >= 0.3 is 0 Å². The van der Waals surface area contributed by atoms with Gasteiger partial charge in [0, 0.05) is 19.1 Å². The standard InChI is InChI=1S/C17H27NO3/c1-12-4-5-13(2)17(14(12)3)21-11-16(20)10-18(8-9-19)15-6-7-15/h4-5,15-16,19-20H,6-11H2,1-3H3. The molecule has 0 saturated heterocycles. The molecule has 118 valence electrons. The summed E-state index contributed by atoms with van der Waals surface area (Å²) in [6.07, 6.45) is 1.81. The summed E-state index contributed by atoms with van der Waals surface area (Å²) in [7, 11) is 0. The van der Waals surface area contributed by atoms with Crippen LogP contribution in [0.25, 0.3) is 0 Å². The fraction of sp³-hybridized carbons (Fsp3) is 0.647. The molecule has 1 atom stereocenters. The highest BCUT2D eigenvalue weighted by molar-refractivity contribution is 5.44. The highest BCUT2D eigenvalue weighted by Crippen LogP contribution is 2.27. The fourth-order valence-electron chi connectivity index (χ4n) is 2.64. The first-order chi connectivity index (χ1) is 10.0. The number of aliphatic hydroxyl groups excluding tert-OH is 2. The lowest BCUT2D eigenvalue weighted by Crippen LogP contribution is -2.38. The molecule has 2 rings (SSSR count). The van der Waals surface area contributed by atoms with Gasteiger partial charge in [0.1, 0.15) is 18.5 Å². The Kier molecular flexibility index (Phi) is 5.62. The first kappa shape index (κ1) is 16.3. The summed E-state index contributed by atoms with van der Waals surface area (Å²) in [4.78, 5) is 2.16. The molecule has 0 amide bonds. The van der Waals surface area contributed by atoms with E-state index in [1.807, 2.05) is 19.9 Å². The van der Waals surface area contributed by atoms with E-state index in [-0.39, 0.29) is 6.61 Å². The van der Waals surface area contributed by atoms with Gasteiger partial charge in [-0.05, 0) is 50.3 Å². The zero-order chi connectivity index (χ0) is 15.4. The van der Waals surface area contributed by atoms with E-state index in [1.165, 1.54) is 18.4 Å².